The van der Waals surface area contributed by atoms with Gasteiger partial charge in [-0.15, -0.1) is 0 Å². The predicted molar refractivity (Wildman–Crippen MR) is 365 cm³/mol. The van der Waals surface area contributed by atoms with E-state index >= 15 is 0 Å². The molecule has 0 rings (SSSR count). The van der Waals surface area contributed by atoms with Crippen LogP contribution in [0.2, 0.25) is 0 Å². The highest BCUT2D eigenvalue weighted by Gasteiger charge is 2.28. The number of aliphatic hydroxyl groups excluding tert-OH is 1. The average molecular weight is 1200 g/mol. The number of phosphoric ester groups is 1. The Morgan fingerprint density at radius 3 is 0.807 bits per heavy atom. The van der Waals surface area contributed by atoms with E-state index in [-0.39, 0.29) is 19.1 Å². The van der Waals surface area contributed by atoms with Gasteiger partial charge in [-0.2, -0.15) is 0 Å². The molecule has 0 aromatic carbocycles. The molecule has 0 saturated heterocycles. The fourth-order valence-corrected chi connectivity index (χ4v) is 13.0. The van der Waals surface area contributed by atoms with Gasteiger partial charge in [0, 0.05) is 6.42 Å². The number of hydrogen-bond acceptors (Lipinski definition) is 5. The molecule has 9 heteroatoms. The van der Waals surface area contributed by atoms with Gasteiger partial charge < -0.3 is 19.8 Å². The van der Waals surface area contributed by atoms with Crippen molar-refractivity contribution in [3.05, 3.63) is 0 Å². The van der Waals surface area contributed by atoms with Crippen LogP contribution in [-0.2, 0) is 18.4 Å². The number of unbranched alkanes of at least 4 members (excludes halogenated alkanes) is 59. The molecule has 3 N–H and O–H groups in total. The summed E-state index contributed by atoms with van der Waals surface area (Å²) in [7, 11) is 1.64. The maximum absolute atomic E-state index is 13.1. The van der Waals surface area contributed by atoms with E-state index < -0.39 is 20.0 Å². The molecule has 0 aliphatic rings. The number of likely N-dealkylation sites (N-methyl/N-ethyl adjacent to an activating group) is 1. The van der Waals surface area contributed by atoms with E-state index in [2.05, 4.69) is 19.2 Å². The van der Waals surface area contributed by atoms with E-state index in [0.717, 1.165) is 38.5 Å². The molecular weight excluding hydrogens is 1040 g/mol. The van der Waals surface area contributed by atoms with Crippen LogP contribution in [0.3, 0.4) is 0 Å². The van der Waals surface area contributed by atoms with E-state index in [0.29, 0.717) is 23.9 Å². The summed E-state index contributed by atoms with van der Waals surface area (Å²) in [5.41, 5.74) is 0. The largest absolute Gasteiger partial charge is 0.472 e. The van der Waals surface area contributed by atoms with Crippen LogP contribution in [0.5, 0.6) is 0 Å². The first kappa shape index (κ1) is 82.5. The Hall–Kier alpha value is -0.500. The van der Waals surface area contributed by atoms with E-state index in [1.54, 1.807) is 0 Å². The van der Waals surface area contributed by atoms with Crippen molar-refractivity contribution in [1.29, 1.82) is 0 Å². The van der Waals surface area contributed by atoms with Crippen LogP contribution in [0.1, 0.15) is 418 Å². The van der Waals surface area contributed by atoms with Crippen molar-refractivity contribution in [2.75, 3.05) is 40.9 Å². The molecule has 83 heavy (non-hydrogen) atoms. The first-order valence-corrected chi connectivity index (χ1v) is 39.4. The maximum atomic E-state index is 13.1. The minimum absolute atomic E-state index is 0.0795. The monoisotopic (exact) mass is 1200 g/mol. The van der Waals surface area contributed by atoms with Crippen LogP contribution in [0.4, 0.5) is 0 Å². The number of hydrogen-bond donors (Lipinski definition) is 3. The van der Waals surface area contributed by atoms with Crippen molar-refractivity contribution in [3.63, 3.8) is 0 Å². The van der Waals surface area contributed by atoms with Gasteiger partial charge >= 0.3 is 7.82 Å². The number of quaternary nitrogens is 1. The van der Waals surface area contributed by atoms with Gasteiger partial charge in [0.1, 0.15) is 13.2 Å². The highest BCUT2D eigenvalue weighted by atomic mass is 31.2. The Morgan fingerprint density at radius 2 is 0.578 bits per heavy atom. The molecule has 0 spiro atoms. The molecular formula is C74H152N2O6P+. The van der Waals surface area contributed by atoms with Gasteiger partial charge in [0.25, 0.3) is 0 Å². The van der Waals surface area contributed by atoms with E-state index in [4.69, 9.17) is 9.05 Å². The molecule has 0 aromatic heterocycles. The number of rotatable bonds is 72. The van der Waals surface area contributed by atoms with Crippen molar-refractivity contribution in [3.8, 4) is 0 Å². The Labute approximate surface area is 520 Å². The Kier molecular flexibility index (Phi) is 65.5. The summed E-state index contributed by atoms with van der Waals surface area (Å²) in [5, 5.41) is 14.2. The molecule has 0 aliphatic heterocycles. The smallest absolute Gasteiger partial charge is 0.391 e. The number of amides is 1. The molecule has 3 atom stereocenters. The summed E-state index contributed by atoms with van der Waals surface area (Å²) in [5.74, 6) is -0.132. The summed E-state index contributed by atoms with van der Waals surface area (Å²) in [6, 6.07) is -0.757. The number of carbonyl (C=O) groups is 1. The third-order valence-corrected chi connectivity index (χ3v) is 19.1. The van der Waals surface area contributed by atoms with Crippen molar-refractivity contribution >= 4 is 13.7 Å². The van der Waals surface area contributed by atoms with Gasteiger partial charge in [0.2, 0.25) is 5.91 Å². The molecule has 0 aromatic rings. The van der Waals surface area contributed by atoms with Crippen molar-refractivity contribution in [2.45, 2.75) is 431 Å². The highest BCUT2D eigenvalue weighted by Crippen LogP contribution is 2.43. The highest BCUT2D eigenvalue weighted by molar-refractivity contribution is 7.47. The zero-order valence-electron chi connectivity index (χ0n) is 57.2. The molecule has 498 valence electrons. The second kappa shape index (κ2) is 65.9. The SMILES string of the molecule is CCCCCCCCCCCCCCCCCCCCCCCCCCCCCCCCCCCCCCCCCC(=O)NC(COP(=O)(O)OCC[N+](C)(C)C)C(O)CCCCCCCCCCCCCCCCCCCCCCCC. The first-order chi connectivity index (χ1) is 40.5. The quantitative estimate of drug-likeness (QED) is 0.0318. The lowest BCUT2D eigenvalue weighted by Gasteiger charge is -2.26. The van der Waals surface area contributed by atoms with Gasteiger partial charge in [-0.3, -0.25) is 13.8 Å². The summed E-state index contributed by atoms with van der Waals surface area (Å²) in [6.07, 6.45) is 83.9. The number of aliphatic hydroxyl groups is 1. The van der Waals surface area contributed by atoms with Gasteiger partial charge in [-0.25, -0.2) is 4.57 Å². The van der Waals surface area contributed by atoms with Crippen molar-refractivity contribution in [2.24, 2.45) is 0 Å². The first-order valence-electron chi connectivity index (χ1n) is 37.9. The van der Waals surface area contributed by atoms with Gasteiger partial charge in [-0.05, 0) is 12.8 Å². The van der Waals surface area contributed by atoms with Crippen LogP contribution in [-0.4, -0.2) is 73.4 Å². The number of carbonyl (C=O) groups excluding carboxylic acids is 1. The van der Waals surface area contributed by atoms with E-state index in [9.17, 15) is 19.4 Å². The second-order valence-electron chi connectivity index (χ2n) is 27.8. The lowest BCUT2D eigenvalue weighted by Crippen LogP contribution is -2.46. The van der Waals surface area contributed by atoms with Crippen LogP contribution in [0.25, 0.3) is 0 Å². The topological polar surface area (TPSA) is 105 Å². The number of phosphoric acid groups is 1. The van der Waals surface area contributed by atoms with Gasteiger partial charge in [-0.1, -0.05) is 399 Å². The Balaban J connectivity index is 3.86. The van der Waals surface area contributed by atoms with Crippen molar-refractivity contribution < 1.29 is 32.9 Å². The molecule has 0 saturated carbocycles. The molecule has 0 aliphatic carbocycles. The molecule has 1 amide bonds. The summed E-state index contributed by atoms with van der Waals surface area (Å²) >= 11 is 0. The minimum atomic E-state index is -4.33. The standard InChI is InChI=1S/C74H151N2O6P/c1-6-8-10-12-14-16-18-20-22-24-26-28-30-31-32-33-34-35-36-37-38-39-40-41-42-43-44-45-46-48-50-52-54-56-58-60-62-64-66-68-74(78)75-72(71-82-83(79,80)81-70-69-76(3,4)5)73(77)67-65-63-61-59-57-55-53-51-49-47-29-27-25-23-21-19-17-15-13-11-9-7-2/h72-73,77H,6-71H2,1-5H3,(H-,75,78,79,80)/p+1. The van der Waals surface area contributed by atoms with Crippen molar-refractivity contribution in [1.82, 2.24) is 5.32 Å². The van der Waals surface area contributed by atoms with Crippen LogP contribution >= 0.6 is 7.82 Å². The van der Waals surface area contributed by atoms with E-state index in [1.165, 1.54) is 353 Å². The normalized spacial score (nSPS) is 13.5. The zero-order valence-corrected chi connectivity index (χ0v) is 58.1. The molecule has 8 nitrogen and oxygen atoms in total. The molecule has 0 radical (unpaired) electrons. The lowest BCUT2D eigenvalue weighted by atomic mass is 10.0. The lowest BCUT2D eigenvalue weighted by molar-refractivity contribution is -0.870. The second-order valence-corrected chi connectivity index (χ2v) is 29.2. The van der Waals surface area contributed by atoms with E-state index in [1.807, 2.05) is 21.1 Å². The minimum Gasteiger partial charge on any atom is -0.391 e. The third-order valence-electron chi connectivity index (χ3n) is 18.1. The van der Waals surface area contributed by atoms with Gasteiger partial charge in [0.15, 0.2) is 0 Å². The summed E-state index contributed by atoms with van der Waals surface area (Å²) < 4.78 is 23.9. The molecule has 3 unspecified atom stereocenters. The Morgan fingerprint density at radius 1 is 0.361 bits per heavy atom. The predicted octanol–water partition coefficient (Wildman–Crippen LogP) is 24.3. The number of nitrogens with zero attached hydrogens (tertiary/aromatic N) is 1. The Bertz CT molecular complexity index is 1310. The fourth-order valence-electron chi connectivity index (χ4n) is 12.2. The summed E-state index contributed by atoms with van der Waals surface area (Å²) in [4.78, 5) is 23.5. The summed E-state index contributed by atoms with van der Waals surface area (Å²) in [6.45, 7) is 4.97. The third kappa shape index (κ3) is 68.8. The van der Waals surface area contributed by atoms with Crippen LogP contribution in [0, 0.1) is 0 Å². The molecule has 0 heterocycles. The van der Waals surface area contributed by atoms with Crippen LogP contribution in [0.15, 0.2) is 0 Å². The number of nitrogens with one attached hydrogen (secondary N) is 1. The van der Waals surface area contributed by atoms with Crippen LogP contribution < -0.4 is 5.32 Å². The fraction of sp³-hybridized carbons (Fsp3) is 0.986. The van der Waals surface area contributed by atoms with Gasteiger partial charge in [0.05, 0.1) is 39.9 Å². The molecule has 0 fully saturated rings. The molecule has 0 bridgehead atoms. The zero-order chi connectivity index (χ0) is 60.5. The maximum Gasteiger partial charge on any atom is 0.472 e. The average Bonchev–Trinajstić information content (AvgIpc) is 3.50.